The summed E-state index contributed by atoms with van der Waals surface area (Å²) in [7, 11) is 1.19. The number of carbonyl (C=O) groups excluding carboxylic acids is 1. The van der Waals surface area contributed by atoms with Crippen molar-refractivity contribution in [3.8, 4) is 5.88 Å². The van der Waals surface area contributed by atoms with Crippen LogP contribution in [0.5, 0.6) is 5.88 Å². The number of benzene rings is 2. The Labute approximate surface area is 233 Å². The Hall–Kier alpha value is -3.75. The van der Waals surface area contributed by atoms with Gasteiger partial charge in [0.25, 0.3) is 5.60 Å². The van der Waals surface area contributed by atoms with Gasteiger partial charge in [0.1, 0.15) is 6.10 Å². The van der Waals surface area contributed by atoms with E-state index in [0.717, 1.165) is 15.6 Å². The Morgan fingerprint density at radius 2 is 1.60 bits per heavy atom. The summed E-state index contributed by atoms with van der Waals surface area (Å²) >= 11 is 0. The van der Waals surface area contributed by atoms with Crippen molar-refractivity contribution in [3.63, 3.8) is 0 Å². The third kappa shape index (κ3) is 5.78. The Bertz CT molecular complexity index is 1420. The van der Waals surface area contributed by atoms with Crippen LogP contribution in [0.15, 0.2) is 54.6 Å². The van der Waals surface area contributed by atoms with Crippen LogP contribution in [0.1, 0.15) is 41.6 Å². The quantitative estimate of drug-likeness (QED) is 0.346. The summed E-state index contributed by atoms with van der Waals surface area (Å²) in [5.41, 5.74) is -7.51. The lowest BCUT2D eigenvalue weighted by Gasteiger charge is -2.34. The van der Waals surface area contributed by atoms with Gasteiger partial charge in [0, 0.05) is 24.4 Å². The zero-order valence-corrected chi connectivity index (χ0v) is 22.0. The van der Waals surface area contributed by atoms with E-state index in [1.165, 1.54) is 7.05 Å². The number of aromatic nitrogens is 2. The van der Waals surface area contributed by atoms with Crippen molar-refractivity contribution in [1.29, 1.82) is 0 Å². The molecule has 15 heteroatoms. The van der Waals surface area contributed by atoms with Crippen molar-refractivity contribution in [1.82, 2.24) is 9.78 Å². The molecule has 0 aliphatic carbocycles. The van der Waals surface area contributed by atoms with E-state index >= 15 is 0 Å². The number of alkyl halides is 9. The number of hydrogen-bond donors (Lipinski definition) is 1. The molecule has 1 aliphatic rings. The largest absolute Gasteiger partial charge is 0.473 e. The third-order valence-electron chi connectivity index (χ3n) is 7.08. The number of hydrogen-bond acceptors (Lipinski definition) is 4. The molecule has 0 unspecified atom stereocenters. The van der Waals surface area contributed by atoms with E-state index in [9.17, 15) is 49.4 Å². The molecule has 0 bridgehead atoms. The molecule has 2 heterocycles. The predicted octanol–water partition coefficient (Wildman–Crippen LogP) is 6.28. The number of halogens is 9. The highest BCUT2D eigenvalue weighted by Gasteiger charge is 2.71. The van der Waals surface area contributed by atoms with Gasteiger partial charge < -0.3 is 14.7 Å². The van der Waals surface area contributed by atoms with Crippen molar-refractivity contribution < 1.29 is 54.2 Å². The Kier molecular flexibility index (Phi) is 8.04. The average molecular weight is 609 g/mol. The number of nitrogens with zero attached hydrogens (tertiary/aromatic N) is 3. The maximum absolute atomic E-state index is 13.7. The first-order valence-electron chi connectivity index (χ1n) is 12.5. The Morgan fingerprint density at radius 3 is 2.14 bits per heavy atom. The standard InChI is InChI=1S/C27H24F9N3O3/c1-15(16-6-4-3-5-7-16)23(40)39-14-19(42-22-13-21(25(28,29)30)37-38(22)2)10-8-17-12-18(9-11-20(17)39)24(41,26(31,32)33)27(34,35)36/h3-7,9,11-13,15,19,41H,8,10,14H2,1-2H3/t15-,19-/m0/s1. The van der Waals surface area contributed by atoms with Gasteiger partial charge in [-0.3, -0.25) is 4.79 Å². The van der Waals surface area contributed by atoms with Crippen LogP contribution in [-0.4, -0.2) is 45.8 Å². The van der Waals surface area contributed by atoms with Crippen LogP contribution < -0.4 is 9.64 Å². The van der Waals surface area contributed by atoms with Gasteiger partial charge in [-0.05, 0) is 37.0 Å². The van der Waals surface area contributed by atoms with Crippen molar-refractivity contribution in [2.24, 2.45) is 7.05 Å². The molecule has 3 aromatic rings. The number of rotatable bonds is 5. The van der Waals surface area contributed by atoms with E-state index in [1.54, 1.807) is 37.3 Å². The van der Waals surface area contributed by atoms with Crippen LogP contribution in [0.2, 0.25) is 0 Å². The second-order valence-electron chi connectivity index (χ2n) is 9.90. The summed E-state index contributed by atoms with van der Waals surface area (Å²) in [6.45, 7) is 1.26. The summed E-state index contributed by atoms with van der Waals surface area (Å²) < 4.78 is 128. The van der Waals surface area contributed by atoms with E-state index in [-0.39, 0.29) is 36.5 Å². The van der Waals surface area contributed by atoms with Gasteiger partial charge in [0.2, 0.25) is 11.8 Å². The van der Waals surface area contributed by atoms with Gasteiger partial charge in [-0.15, -0.1) is 0 Å². The average Bonchev–Trinajstić information content (AvgIpc) is 3.18. The van der Waals surface area contributed by atoms with E-state index in [2.05, 4.69) is 5.10 Å². The minimum atomic E-state index is -6.12. The molecule has 42 heavy (non-hydrogen) atoms. The molecule has 1 aliphatic heterocycles. The molecule has 0 saturated heterocycles. The second-order valence-corrected chi connectivity index (χ2v) is 9.90. The zero-order valence-electron chi connectivity index (χ0n) is 22.0. The van der Waals surface area contributed by atoms with Gasteiger partial charge in [-0.2, -0.15) is 44.6 Å². The number of anilines is 1. The highest BCUT2D eigenvalue weighted by Crippen LogP contribution is 2.51. The number of carbonyl (C=O) groups is 1. The molecule has 228 valence electrons. The van der Waals surface area contributed by atoms with Crippen molar-refractivity contribution in [3.05, 3.63) is 77.0 Å². The molecule has 2 atom stereocenters. The topological polar surface area (TPSA) is 67.6 Å². The Morgan fingerprint density at radius 1 is 0.976 bits per heavy atom. The van der Waals surface area contributed by atoms with Crippen LogP contribution in [-0.2, 0) is 30.0 Å². The van der Waals surface area contributed by atoms with E-state index in [1.807, 2.05) is 0 Å². The monoisotopic (exact) mass is 609 g/mol. The fourth-order valence-corrected chi connectivity index (χ4v) is 4.76. The molecule has 4 rings (SSSR count). The number of aryl methyl sites for hydroxylation is 2. The van der Waals surface area contributed by atoms with Crippen molar-refractivity contribution >= 4 is 11.6 Å². The van der Waals surface area contributed by atoms with Crippen molar-refractivity contribution in [2.75, 3.05) is 11.4 Å². The van der Waals surface area contributed by atoms with Gasteiger partial charge in [0.15, 0.2) is 5.69 Å². The lowest BCUT2D eigenvalue weighted by molar-refractivity contribution is -0.376. The first kappa shape index (κ1) is 31.2. The number of aliphatic hydroxyl groups is 1. The van der Waals surface area contributed by atoms with Crippen LogP contribution in [0.3, 0.4) is 0 Å². The maximum Gasteiger partial charge on any atom is 0.435 e. The number of amides is 1. The van der Waals surface area contributed by atoms with Gasteiger partial charge in [-0.25, -0.2) is 4.68 Å². The smallest absolute Gasteiger partial charge is 0.435 e. The maximum atomic E-state index is 13.7. The van der Waals surface area contributed by atoms with Crippen LogP contribution in [0.4, 0.5) is 45.2 Å². The molecular weight excluding hydrogens is 585 g/mol. The van der Waals surface area contributed by atoms with Crippen LogP contribution in [0.25, 0.3) is 0 Å². The number of fused-ring (bicyclic) bond motifs is 1. The lowest BCUT2D eigenvalue weighted by Crippen LogP contribution is -2.54. The Balaban J connectivity index is 1.77. The summed E-state index contributed by atoms with van der Waals surface area (Å²) in [5, 5.41) is 13.3. The number of ether oxygens (including phenoxy) is 1. The molecule has 0 fully saturated rings. The molecule has 1 aromatic heterocycles. The van der Waals surface area contributed by atoms with Gasteiger partial charge >= 0.3 is 18.5 Å². The first-order valence-corrected chi connectivity index (χ1v) is 12.5. The third-order valence-corrected chi connectivity index (χ3v) is 7.08. The zero-order chi connectivity index (χ0) is 31.3. The van der Waals surface area contributed by atoms with Gasteiger partial charge in [0.05, 0.1) is 12.5 Å². The van der Waals surface area contributed by atoms with Crippen LogP contribution >= 0.6 is 0 Å². The summed E-state index contributed by atoms with van der Waals surface area (Å²) in [4.78, 5) is 14.8. The van der Waals surface area contributed by atoms with Crippen molar-refractivity contribution in [2.45, 2.75) is 55.9 Å². The molecular formula is C27H24F9N3O3. The first-order chi connectivity index (χ1) is 19.3. The highest BCUT2D eigenvalue weighted by molar-refractivity contribution is 5.98. The molecule has 0 spiro atoms. The SMILES string of the molecule is C[C@H](C(=O)N1C[C@@H](Oc2cc(C(F)(F)F)nn2C)CCc2cc(C(O)(C(F)(F)F)C(F)(F)F)ccc21)c1ccccc1. The molecule has 1 amide bonds. The normalized spacial score (nSPS) is 17.4. The molecule has 6 nitrogen and oxygen atoms in total. The molecule has 1 N–H and O–H groups in total. The molecule has 0 saturated carbocycles. The minimum absolute atomic E-state index is 0.0229. The predicted molar refractivity (Wildman–Crippen MR) is 131 cm³/mol. The highest BCUT2D eigenvalue weighted by atomic mass is 19.4. The summed E-state index contributed by atoms with van der Waals surface area (Å²) in [6.07, 6.45) is -18.4. The van der Waals surface area contributed by atoms with E-state index in [4.69, 9.17) is 4.74 Å². The van der Waals surface area contributed by atoms with E-state index in [0.29, 0.717) is 23.8 Å². The van der Waals surface area contributed by atoms with Gasteiger partial charge in [-0.1, -0.05) is 42.5 Å². The molecule has 0 radical (unpaired) electrons. The van der Waals surface area contributed by atoms with Crippen LogP contribution in [0, 0.1) is 0 Å². The summed E-state index contributed by atoms with van der Waals surface area (Å²) in [5.74, 6) is -1.73. The second kappa shape index (κ2) is 10.8. The fourth-order valence-electron chi connectivity index (χ4n) is 4.76. The fraction of sp³-hybridized carbons (Fsp3) is 0.407. The minimum Gasteiger partial charge on any atom is -0.473 e. The summed E-state index contributed by atoms with van der Waals surface area (Å²) in [6, 6.07) is 10.9. The lowest BCUT2D eigenvalue weighted by atomic mass is 9.89. The molecule has 2 aromatic carbocycles. The van der Waals surface area contributed by atoms with E-state index < -0.39 is 53.3 Å².